The Balaban J connectivity index is 2.03. The van der Waals surface area contributed by atoms with Crippen LogP contribution in [0.1, 0.15) is 52.4 Å². The second-order valence-corrected chi connectivity index (χ2v) is 8.51. The zero-order valence-electron chi connectivity index (χ0n) is 13.3. The van der Waals surface area contributed by atoms with Crippen LogP contribution in [0, 0.1) is 5.41 Å². The Kier molecular flexibility index (Phi) is 5.79. The van der Waals surface area contributed by atoms with Crippen molar-refractivity contribution in [1.29, 1.82) is 0 Å². The predicted octanol–water partition coefficient (Wildman–Crippen LogP) is 2.90. The Bertz CT molecular complexity index is 324. The van der Waals surface area contributed by atoms with Crippen molar-refractivity contribution in [1.82, 2.24) is 10.2 Å². The molecule has 0 aromatic heterocycles. The highest BCUT2D eigenvalue weighted by atomic mass is 32.2. The topological polar surface area (TPSA) is 32.3 Å². The number of nitrogens with one attached hydrogen (secondary N) is 1. The van der Waals surface area contributed by atoms with E-state index >= 15 is 0 Å². The normalized spacial score (nSPS) is 31.8. The second kappa shape index (κ2) is 7.17. The van der Waals surface area contributed by atoms with E-state index in [4.69, 9.17) is 0 Å². The summed E-state index contributed by atoms with van der Waals surface area (Å²) in [6.07, 6.45) is 7.41. The van der Waals surface area contributed by atoms with Crippen LogP contribution in [0.4, 0.5) is 0 Å². The maximum Gasteiger partial charge on any atom is 0.239 e. The molecule has 0 aliphatic carbocycles. The Morgan fingerprint density at radius 3 is 2.85 bits per heavy atom. The first-order valence-electron chi connectivity index (χ1n) is 8.09. The summed E-state index contributed by atoms with van der Waals surface area (Å²) in [6.45, 7) is 6.46. The molecule has 0 aromatic carbocycles. The highest BCUT2D eigenvalue weighted by molar-refractivity contribution is 7.99. The Morgan fingerprint density at radius 2 is 2.10 bits per heavy atom. The van der Waals surface area contributed by atoms with Crippen LogP contribution in [-0.4, -0.2) is 48.0 Å². The van der Waals surface area contributed by atoms with Gasteiger partial charge in [0.2, 0.25) is 5.91 Å². The lowest BCUT2D eigenvalue weighted by molar-refractivity contribution is -0.133. The average molecular weight is 298 g/mol. The number of hydrogen-bond acceptors (Lipinski definition) is 3. The molecule has 2 heterocycles. The summed E-state index contributed by atoms with van der Waals surface area (Å²) < 4.78 is 0. The molecule has 0 saturated carbocycles. The molecular weight excluding hydrogens is 268 g/mol. The van der Waals surface area contributed by atoms with E-state index in [0.717, 1.165) is 25.9 Å². The van der Waals surface area contributed by atoms with E-state index in [1.54, 1.807) is 0 Å². The van der Waals surface area contributed by atoms with Crippen molar-refractivity contribution in [2.45, 2.75) is 63.7 Å². The standard InChI is InChI=1S/C16H30N2OS/c1-16(2)9-8-14(17-3)15(19)18(12-16)11-13-7-5-4-6-10-20-13/h13-14,17H,4-12H2,1-3H3. The maximum absolute atomic E-state index is 12.7. The van der Waals surface area contributed by atoms with Gasteiger partial charge in [-0.05, 0) is 43.9 Å². The Labute approximate surface area is 128 Å². The molecule has 2 aliphatic rings. The van der Waals surface area contributed by atoms with Crippen molar-refractivity contribution in [3.05, 3.63) is 0 Å². The van der Waals surface area contributed by atoms with Gasteiger partial charge in [0.1, 0.15) is 0 Å². The van der Waals surface area contributed by atoms with Gasteiger partial charge < -0.3 is 10.2 Å². The van der Waals surface area contributed by atoms with Crippen LogP contribution < -0.4 is 5.32 Å². The van der Waals surface area contributed by atoms with E-state index in [-0.39, 0.29) is 11.5 Å². The number of thioether (sulfide) groups is 1. The van der Waals surface area contributed by atoms with Gasteiger partial charge in [0.25, 0.3) is 0 Å². The molecule has 0 aromatic rings. The lowest BCUT2D eigenvalue weighted by Crippen LogP contribution is -2.47. The summed E-state index contributed by atoms with van der Waals surface area (Å²) in [6, 6.07) is 0.0209. The van der Waals surface area contributed by atoms with E-state index < -0.39 is 0 Å². The third kappa shape index (κ3) is 4.39. The van der Waals surface area contributed by atoms with Gasteiger partial charge in [0, 0.05) is 18.3 Å². The van der Waals surface area contributed by atoms with E-state index in [9.17, 15) is 4.79 Å². The molecule has 1 N–H and O–H groups in total. The molecule has 0 bridgehead atoms. The molecule has 0 radical (unpaired) electrons. The number of carbonyl (C=O) groups excluding carboxylic acids is 1. The minimum absolute atomic E-state index is 0.0209. The Hall–Kier alpha value is -0.220. The molecule has 4 heteroatoms. The number of likely N-dealkylation sites (N-methyl/N-ethyl adjacent to an activating group) is 1. The lowest BCUT2D eigenvalue weighted by Gasteiger charge is -2.32. The number of rotatable bonds is 3. The van der Waals surface area contributed by atoms with Crippen LogP contribution in [-0.2, 0) is 4.79 Å². The second-order valence-electron chi connectivity index (χ2n) is 7.11. The predicted molar refractivity (Wildman–Crippen MR) is 87.2 cm³/mol. The third-order valence-corrected chi connectivity index (χ3v) is 6.02. The van der Waals surface area contributed by atoms with Crippen LogP contribution in [0.25, 0.3) is 0 Å². The maximum atomic E-state index is 12.7. The summed E-state index contributed by atoms with van der Waals surface area (Å²) in [7, 11) is 1.92. The smallest absolute Gasteiger partial charge is 0.239 e. The van der Waals surface area contributed by atoms with Crippen LogP contribution in [0.2, 0.25) is 0 Å². The molecule has 0 spiro atoms. The minimum Gasteiger partial charge on any atom is -0.340 e. The van der Waals surface area contributed by atoms with Crippen molar-refractivity contribution in [3.8, 4) is 0 Å². The van der Waals surface area contributed by atoms with Crippen molar-refractivity contribution in [2.75, 3.05) is 25.9 Å². The quantitative estimate of drug-likeness (QED) is 0.869. The lowest BCUT2D eigenvalue weighted by atomic mass is 9.87. The molecule has 116 valence electrons. The fourth-order valence-corrected chi connectivity index (χ4v) is 4.67. The fraction of sp³-hybridized carbons (Fsp3) is 0.938. The van der Waals surface area contributed by atoms with Gasteiger partial charge >= 0.3 is 0 Å². The highest BCUT2D eigenvalue weighted by Gasteiger charge is 2.35. The van der Waals surface area contributed by atoms with Gasteiger partial charge in [-0.15, -0.1) is 0 Å². The molecule has 2 aliphatic heterocycles. The minimum atomic E-state index is 0.0209. The van der Waals surface area contributed by atoms with Crippen molar-refractivity contribution in [2.24, 2.45) is 5.41 Å². The molecule has 2 unspecified atom stereocenters. The van der Waals surface area contributed by atoms with Gasteiger partial charge in [0.05, 0.1) is 6.04 Å². The van der Waals surface area contributed by atoms with Gasteiger partial charge in [-0.25, -0.2) is 0 Å². The first-order valence-corrected chi connectivity index (χ1v) is 9.14. The number of hydrogen-bond donors (Lipinski definition) is 1. The third-order valence-electron chi connectivity index (χ3n) is 4.63. The number of nitrogens with zero attached hydrogens (tertiary/aromatic N) is 1. The first kappa shape index (κ1) is 16.2. The van der Waals surface area contributed by atoms with Crippen molar-refractivity contribution in [3.63, 3.8) is 0 Å². The summed E-state index contributed by atoms with van der Waals surface area (Å²) >= 11 is 2.08. The summed E-state index contributed by atoms with van der Waals surface area (Å²) in [5, 5.41) is 3.86. The molecule has 3 nitrogen and oxygen atoms in total. The first-order chi connectivity index (χ1) is 9.52. The summed E-state index contributed by atoms with van der Waals surface area (Å²) in [5.41, 5.74) is 0.247. The zero-order valence-corrected chi connectivity index (χ0v) is 14.1. The van der Waals surface area contributed by atoms with Crippen LogP contribution >= 0.6 is 11.8 Å². The van der Waals surface area contributed by atoms with E-state index in [0.29, 0.717) is 11.2 Å². The van der Waals surface area contributed by atoms with Crippen LogP contribution in [0.5, 0.6) is 0 Å². The van der Waals surface area contributed by atoms with Crippen molar-refractivity contribution < 1.29 is 4.79 Å². The Morgan fingerprint density at radius 1 is 1.30 bits per heavy atom. The SMILES string of the molecule is CNC1CCC(C)(C)CN(CC2CCCCCS2)C1=O. The molecule has 2 atom stereocenters. The average Bonchev–Trinajstić information content (AvgIpc) is 2.71. The number of likely N-dealkylation sites (tertiary alicyclic amines) is 1. The van der Waals surface area contributed by atoms with Crippen molar-refractivity contribution >= 4 is 17.7 Å². The molecule has 2 saturated heterocycles. The molecular formula is C16H30N2OS. The number of amides is 1. The monoisotopic (exact) mass is 298 g/mol. The summed E-state index contributed by atoms with van der Waals surface area (Å²) in [5.74, 6) is 1.59. The van der Waals surface area contributed by atoms with Gasteiger partial charge in [-0.1, -0.05) is 26.7 Å². The zero-order chi connectivity index (χ0) is 14.6. The van der Waals surface area contributed by atoms with Gasteiger partial charge in [-0.2, -0.15) is 11.8 Å². The molecule has 1 amide bonds. The van der Waals surface area contributed by atoms with Crippen LogP contribution in [0.15, 0.2) is 0 Å². The molecule has 2 fully saturated rings. The molecule has 2 rings (SSSR count). The van der Waals surface area contributed by atoms with E-state index in [2.05, 4.69) is 35.8 Å². The highest BCUT2D eigenvalue weighted by Crippen LogP contribution is 2.31. The van der Waals surface area contributed by atoms with Crippen LogP contribution in [0.3, 0.4) is 0 Å². The largest absolute Gasteiger partial charge is 0.340 e. The van der Waals surface area contributed by atoms with Gasteiger partial charge in [-0.3, -0.25) is 4.79 Å². The molecule has 20 heavy (non-hydrogen) atoms. The number of carbonyl (C=O) groups is 1. The van der Waals surface area contributed by atoms with Gasteiger partial charge in [0.15, 0.2) is 0 Å². The van der Waals surface area contributed by atoms with E-state index in [1.165, 1.54) is 31.4 Å². The fourth-order valence-electron chi connectivity index (χ4n) is 3.35. The summed E-state index contributed by atoms with van der Waals surface area (Å²) in [4.78, 5) is 14.8. The van der Waals surface area contributed by atoms with E-state index in [1.807, 2.05) is 7.05 Å².